The summed E-state index contributed by atoms with van der Waals surface area (Å²) < 4.78 is 11.4. The third kappa shape index (κ3) is 6.00. The maximum Gasteiger partial charge on any atom is 0.260 e. The average Bonchev–Trinajstić information content (AvgIpc) is 2.69. The summed E-state index contributed by atoms with van der Waals surface area (Å²) >= 11 is 0. The number of benzene rings is 2. The first kappa shape index (κ1) is 19.2. The molecule has 1 aliphatic heterocycles. The van der Waals surface area contributed by atoms with Gasteiger partial charge in [0.2, 0.25) is 0 Å². The predicted octanol–water partition coefficient (Wildman–Crippen LogP) is 2.91. The van der Waals surface area contributed by atoms with Crippen LogP contribution in [0, 0.1) is 13.8 Å². The van der Waals surface area contributed by atoms with Crippen LogP contribution in [-0.2, 0) is 4.79 Å². The van der Waals surface area contributed by atoms with Gasteiger partial charge in [-0.2, -0.15) is 0 Å². The maximum absolute atomic E-state index is 12.3. The Balaban J connectivity index is 1.33. The molecule has 0 aliphatic carbocycles. The number of carbonyl (C=O) groups is 1. The second-order valence-corrected chi connectivity index (χ2v) is 6.99. The van der Waals surface area contributed by atoms with Crippen molar-refractivity contribution in [1.29, 1.82) is 0 Å². The Labute approximate surface area is 161 Å². The van der Waals surface area contributed by atoms with Crippen molar-refractivity contribution in [2.75, 3.05) is 45.9 Å². The van der Waals surface area contributed by atoms with E-state index < -0.39 is 0 Å². The summed E-state index contributed by atoms with van der Waals surface area (Å²) in [5.74, 6) is 1.69. The number of hydrogen-bond donors (Lipinski definition) is 0. The molecule has 27 heavy (non-hydrogen) atoms. The summed E-state index contributed by atoms with van der Waals surface area (Å²) in [5.41, 5.74) is 2.41. The summed E-state index contributed by atoms with van der Waals surface area (Å²) in [5, 5.41) is 0. The Kier molecular flexibility index (Phi) is 6.71. The van der Waals surface area contributed by atoms with Gasteiger partial charge in [-0.15, -0.1) is 0 Å². The van der Waals surface area contributed by atoms with Gasteiger partial charge in [0, 0.05) is 32.7 Å². The topological polar surface area (TPSA) is 42.0 Å². The molecule has 0 unspecified atom stereocenters. The molecule has 144 valence electrons. The van der Waals surface area contributed by atoms with E-state index in [2.05, 4.69) is 24.0 Å². The molecule has 1 aliphatic rings. The normalized spacial score (nSPS) is 14.8. The van der Waals surface area contributed by atoms with Crippen molar-refractivity contribution >= 4 is 5.91 Å². The fourth-order valence-electron chi connectivity index (χ4n) is 3.02. The lowest BCUT2D eigenvalue weighted by molar-refractivity contribution is -0.135. The quantitative estimate of drug-likeness (QED) is 0.754. The number of nitrogens with zero attached hydrogens (tertiary/aromatic N) is 2. The number of rotatable bonds is 7. The van der Waals surface area contributed by atoms with Crippen LogP contribution in [-0.4, -0.2) is 61.6 Å². The first-order chi connectivity index (χ1) is 13.1. The molecule has 5 nitrogen and oxygen atoms in total. The van der Waals surface area contributed by atoms with E-state index in [0.717, 1.165) is 44.2 Å². The lowest BCUT2D eigenvalue weighted by Gasteiger charge is -2.34. The molecule has 1 fully saturated rings. The van der Waals surface area contributed by atoms with Gasteiger partial charge in [0.25, 0.3) is 5.91 Å². The van der Waals surface area contributed by atoms with Gasteiger partial charge in [-0.3, -0.25) is 9.69 Å². The highest BCUT2D eigenvalue weighted by atomic mass is 16.5. The summed E-state index contributed by atoms with van der Waals surface area (Å²) in [7, 11) is 0. The van der Waals surface area contributed by atoms with E-state index in [1.54, 1.807) is 0 Å². The molecule has 5 heteroatoms. The Hall–Kier alpha value is -2.53. The van der Waals surface area contributed by atoms with Crippen molar-refractivity contribution in [1.82, 2.24) is 9.80 Å². The highest BCUT2D eigenvalue weighted by molar-refractivity contribution is 5.77. The molecule has 2 aromatic carbocycles. The Morgan fingerprint density at radius 1 is 0.815 bits per heavy atom. The van der Waals surface area contributed by atoms with Gasteiger partial charge in [-0.1, -0.05) is 35.4 Å². The molecule has 0 aromatic heterocycles. The molecule has 2 aromatic rings. The van der Waals surface area contributed by atoms with Crippen LogP contribution < -0.4 is 9.47 Å². The largest absolute Gasteiger partial charge is 0.492 e. The van der Waals surface area contributed by atoms with Crippen LogP contribution >= 0.6 is 0 Å². The van der Waals surface area contributed by atoms with Crippen molar-refractivity contribution in [3.05, 3.63) is 59.7 Å². The van der Waals surface area contributed by atoms with Crippen LogP contribution in [0.5, 0.6) is 11.5 Å². The van der Waals surface area contributed by atoms with Crippen molar-refractivity contribution in [3.8, 4) is 11.5 Å². The molecule has 0 saturated carbocycles. The molecular formula is C22H28N2O3. The number of piperazine rings is 1. The highest BCUT2D eigenvalue weighted by Gasteiger charge is 2.21. The molecule has 0 radical (unpaired) electrons. The molecule has 0 atom stereocenters. The van der Waals surface area contributed by atoms with Crippen LogP contribution in [0.25, 0.3) is 0 Å². The van der Waals surface area contributed by atoms with Crippen LogP contribution in [0.2, 0.25) is 0 Å². The van der Waals surface area contributed by atoms with E-state index in [1.165, 1.54) is 11.1 Å². The zero-order chi connectivity index (χ0) is 19.1. The number of amides is 1. The minimum Gasteiger partial charge on any atom is -0.492 e. The third-order valence-corrected chi connectivity index (χ3v) is 4.81. The van der Waals surface area contributed by atoms with Crippen molar-refractivity contribution in [2.45, 2.75) is 13.8 Å². The predicted molar refractivity (Wildman–Crippen MR) is 106 cm³/mol. The van der Waals surface area contributed by atoms with E-state index in [9.17, 15) is 4.79 Å². The van der Waals surface area contributed by atoms with Gasteiger partial charge in [0.05, 0.1) is 0 Å². The Morgan fingerprint density at radius 2 is 1.33 bits per heavy atom. The van der Waals surface area contributed by atoms with E-state index in [1.807, 2.05) is 48.2 Å². The van der Waals surface area contributed by atoms with Crippen LogP contribution in [0.3, 0.4) is 0 Å². The fourth-order valence-corrected chi connectivity index (χ4v) is 3.02. The summed E-state index contributed by atoms with van der Waals surface area (Å²) in [6.07, 6.45) is 0. The minimum atomic E-state index is 0.0473. The highest BCUT2D eigenvalue weighted by Crippen LogP contribution is 2.13. The number of ether oxygens (including phenoxy) is 2. The Bertz CT molecular complexity index is 720. The number of carbonyl (C=O) groups excluding carboxylic acids is 1. The zero-order valence-corrected chi connectivity index (χ0v) is 16.2. The first-order valence-electron chi connectivity index (χ1n) is 9.49. The standard InChI is InChI=1S/C22H28N2O3/c1-18-3-7-20(8-4-18)26-16-15-23-11-13-24(14-12-23)22(25)17-27-21-9-5-19(2)6-10-21/h3-10H,11-17H2,1-2H3. The maximum atomic E-state index is 12.3. The van der Waals surface area contributed by atoms with Gasteiger partial charge >= 0.3 is 0 Å². The van der Waals surface area contributed by atoms with Crippen LogP contribution in [0.1, 0.15) is 11.1 Å². The van der Waals surface area contributed by atoms with Crippen LogP contribution in [0.4, 0.5) is 0 Å². The lowest BCUT2D eigenvalue weighted by Crippen LogP contribution is -2.50. The van der Waals surface area contributed by atoms with Gasteiger partial charge in [-0.05, 0) is 38.1 Å². The lowest BCUT2D eigenvalue weighted by atomic mass is 10.2. The molecule has 1 saturated heterocycles. The SMILES string of the molecule is Cc1ccc(OCCN2CCN(C(=O)COc3ccc(C)cc3)CC2)cc1. The van der Waals surface area contributed by atoms with Gasteiger partial charge in [-0.25, -0.2) is 0 Å². The molecule has 3 rings (SSSR count). The molecular weight excluding hydrogens is 340 g/mol. The van der Waals surface area contributed by atoms with E-state index in [0.29, 0.717) is 6.61 Å². The van der Waals surface area contributed by atoms with Crippen molar-refractivity contribution < 1.29 is 14.3 Å². The molecule has 0 spiro atoms. The van der Waals surface area contributed by atoms with E-state index >= 15 is 0 Å². The summed E-state index contributed by atoms with van der Waals surface area (Å²) in [6.45, 7) is 8.93. The molecule has 1 amide bonds. The fraction of sp³-hybridized carbons (Fsp3) is 0.409. The first-order valence-corrected chi connectivity index (χ1v) is 9.49. The molecule has 0 bridgehead atoms. The van der Waals surface area contributed by atoms with E-state index in [4.69, 9.17) is 9.47 Å². The summed E-state index contributed by atoms with van der Waals surface area (Å²) in [6, 6.07) is 15.9. The van der Waals surface area contributed by atoms with Crippen molar-refractivity contribution in [3.63, 3.8) is 0 Å². The van der Waals surface area contributed by atoms with Gasteiger partial charge in [0.1, 0.15) is 18.1 Å². The number of hydrogen-bond acceptors (Lipinski definition) is 4. The monoisotopic (exact) mass is 368 g/mol. The Morgan fingerprint density at radius 3 is 1.89 bits per heavy atom. The second kappa shape index (κ2) is 9.42. The number of aryl methyl sites for hydroxylation is 2. The van der Waals surface area contributed by atoms with Crippen molar-refractivity contribution in [2.24, 2.45) is 0 Å². The van der Waals surface area contributed by atoms with Crippen LogP contribution in [0.15, 0.2) is 48.5 Å². The molecule has 1 heterocycles. The molecule has 0 N–H and O–H groups in total. The smallest absolute Gasteiger partial charge is 0.260 e. The third-order valence-electron chi connectivity index (χ3n) is 4.81. The minimum absolute atomic E-state index is 0.0473. The van der Waals surface area contributed by atoms with Gasteiger partial charge in [0.15, 0.2) is 6.61 Å². The summed E-state index contributed by atoms with van der Waals surface area (Å²) in [4.78, 5) is 16.5. The zero-order valence-electron chi connectivity index (χ0n) is 16.2. The van der Waals surface area contributed by atoms with E-state index in [-0.39, 0.29) is 12.5 Å². The van der Waals surface area contributed by atoms with Gasteiger partial charge < -0.3 is 14.4 Å². The second-order valence-electron chi connectivity index (χ2n) is 6.99. The average molecular weight is 368 g/mol.